The highest BCUT2D eigenvalue weighted by atomic mass is 127. The second kappa shape index (κ2) is 8.16. The lowest BCUT2D eigenvalue weighted by Crippen LogP contribution is -2.39. The Bertz CT molecular complexity index is 1110. The second-order valence-electron chi connectivity index (χ2n) is 6.61. The smallest absolute Gasteiger partial charge is 0.277 e. The monoisotopic (exact) mass is 520 g/mol. The van der Waals surface area contributed by atoms with Gasteiger partial charge in [-0.3, -0.25) is 9.59 Å². The zero-order valence-electron chi connectivity index (χ0n) is 15.7. The van der Waals surface area contributed by atoms with Crippen LogP contribution in [0.15, 0.2) is 48.5 Å². The summed E-state index contributed by atoms with van der Waals surface area (Å²) in [6.45, 7) is 2.82. The summed E-state index contributed by atoms with van der Waals surface area (Å²) < 4.78 is 2.58. The van der Waals surface area contributed by atoms with E-state index in [-0.39, 0.29) is 17.5 Å². The summed E-state index contributed by atoms with van der Waals surface area (Å²) in [5.74, 6) is -0.462. The number of carbonyl (C=O) groups is 2. The zero-order chi connectivity index (χ0) is 20.5. The lowest BCUT2D eigenvalue weighted by atomic mass is 10.0. The molecule has 0 bridgehead atoms. The number of fused-ring (bicyclic) bond motifs is 1. The standard InChI is InChI=1S/C21H18ClIN4O2/c1-2-24-20(28)18-17-9-10-26(15-7-4-6-14(23)12-15)21(29)19(17)27(25-18)16-8-3-5-13(22)11-16/h3-8,11-12H,2,9-10H2,1H3,(H,24,28). The van der Waals surface area contributed by atoms with Crippen LogP contribution in [-0.4, -0.2) is 34.7 Å². The lowest BCUT2D eigenvalue weighted by molar-refractivity contribution is 0.0949. The van der Waals surface area contributed by atoms with Crippen molar-refractivity contribution < 1.29 is 9.59 Å². The van der Waals surface area contributed by atoms with Crippen molar-refractivity contribution in [3.8, 4) is 5.69 Å². The molecule has 2 amide bonds. The van der Waals surface area contributed by atoms with Crippen molar-refractivity contribution in [3.05, 3.63) is 74.1 Å². The SMILES string of the molecule is CCNC(=O)c1nn(-c2cccc(Cl)c2)c2c1CCN(c1cccc(I)c1)C2=O. The van der Waals surface area contributed by atoms with Crippen LogP contribution in [0.2, 0.25) is 5.02 Å². The van der Waals surface area contributed by atoms with Crippen LogP contribution in [0.1, 0.15) is 33.5 Å². The molecule has 1 aliphatic rings. The second-order valence-corrected chi connectivity index (χ2v) is 8.30. The average molecular weight is 521 g/mol. The normalized spacial score (nSPS) is 13.3. The molecule has 1 aliphatic heterocycles. The molecule has 0 fully saturated rings. The molecule has 1 N–H and O–H groups in total. The van der Waals surface area contributed by atoms with E-state index in [2.05, 4.69) is 33.0 Å². The highest BCUT2D eigenvalue weighted by Crippen LogP contribution is 2.30. The van der Waals surface area contributed by atoms with Crippen LogP contribution in [0.25, 0.3) is 5.69 Å². The van der Waals surface area contributed by atoms with Gasteiger partial charge in [-0.15, -0.1) is 0 Å². The van der Waals surface area contributed by atoms with Crippen LogP contribution in [-0.2, 0) is 6.42 Å². The molecule has 6 nitrogen and oxygen atoms in total. The van der Waals surface area contributed by atoms with Crippen molar-refractivity contribution in [2.45, 2.75) is 13.3 Å². The maximum Gasteiger partial charge on any atom is 0.277 e. The molecule has 8 heteroatoms. The minimum absolute atomic E-state index is 0.184. The first-order chi connectivity index (χ1) is 14.0. The Kier molecular flexibility index (Phi) is 5.60. The maximum atomic E-state index is 13.5. The van der Waals surface area contributed by atoms with Crippen LogP contribution < -0.4 is 10.2 Å². The summed E-state index contributed by atoms with van der Waals surface area (Å²) in [5.41, 5.74) is 2.83. The molecule has 1 aromatic heterocycles. The highest BCUT2D eigenvalue weighted by Gasteiger charge is 2.35. The van der Waals surface area contributed by atoms with Gasteiger partial charge in [-0.1, -0.05) is 23.7 Å². The molecule has 0 atom stereocenters. The van der Waals surface area contributed by atoms with E-state index < -0.39 is 0 Å². The minimum Gasteiger partial charge on any atom is -0.351 e. The number of anilines is 1. The van der Waals surface area contributed by atoms with Gasteiger partial charge < -0.3 is 10.2 Å². The summed E-state index contributed by atoms with van der Waals surface area (Å²) in [4.78, 5) is 27.8. The van der Waals surface area contributed by atoms with Gasteiger partial charge in [0.2, 0.25) is 0 Å². The molecule has 0 saturated heterocycles. The molecule has 3 aromatic rings. The van der Waals surface area contributed by atoms with E-state index in [0.717, 1.165) is 9.26 Å². The van der Waals surface area contributed by atoms with Gasteiger partial charge in [-0.25, -0.2) is 4.68 Å². The third-order valence-corrected chi connectivity index (χ3v) is 5.65. The summed E-state index contributed by atoms with van der Waals surface area (Å²) in [6.07, 6.45) is 0.541. The minimum atomic E-state index is -0.278. The first-order valence-corrected chi connectivity index (χ1v) is 10.7. The molecule has 2 heterocycles. The predicted octanol–water partition coefficient (Wildman–Crippen LogP) is 4.08. The Morgan fingerprint density at radius 3 is 2.69 bits per heavy atom. The van der Waals surface area contributed by atoms with E-state index in [1.54, 1.807) is 23.1 Å². The summed E-state index contributed by atoms with van der Waals surface area (Å²) >= 11 is 8.39. The predicted molar refractivity (Wildman–Crippen MR) is 121 cm³/mol. The third-order valence-electron chi connectivity index (χ3n) is 4.74. The van der Waals surface area contributed by atoms with Crippen LogP contribution in [0.3, 0.4) is 0 Å². The fraction of sp³-hybridized carbons (Fsp3) is 0.190. The van der Waals surface area contributed by atoms with Gasteiger partial charge in [0.05, 0.1) is 5.69 Å². The van der Waals surface area contributed by atoms with E-state index in [9.17, 15) is 9.59 Å². The van der Waals surface area contributed by atoms with Gasteiger partial charge in [-0.05, 0) is 72.3 Å². The largest absolute Gasteiger partial charge is 0.351 e. The number of amides is 2. The Labute approximate surface area is 187 Å². The van der Waals surface area contributed by atoms with Crippen molar-refractivity contribution >= 4 is 51.7 Å². The number of halogens is 2. The van der Waals surface area contributed by atoms with Crippen molar-refractivity contribution in [1.29, 1.82) is 0 Å². The molecule has 0 saturated carbocycles. The molecule has 0 unspecified atom stereocenters. The van der Waals surface area contributed by atoms with Gasteiger partial charge >= 0.3 is 0 Å². The number of carbonyl (C=O) groups excluding carboxylic acids is 2. The summed E-state index contributed by atoms with van der Waals surface area (Å²) in [7, 11) is 0. The van der Waals surface area contributed by atoms with Gasteiger partial charge in [0, 0.05) is 32.9 Å². The van der Waals surface area contributed by atoms with E-state index in [4.69, 9.17) is 11.6 Å². The quantitative estimate of drug-likeness (QED) is 0.527. The Morgan fingerprint density at radius 2 is 1.97 bits per heavy atom. The first kappa shape index (κ1) is 19.9. The topological polar surface area (TPSA) is 67.2 Å². The van der Waals surface area contributed by atoms with E-state index in [1.165, 1.54) is 4.68 Å². The van der Waals surface area contributed by atoms with Gasteiger partial charge in [0.1, 0.15) is 5.69 Å². The number of rotatable bonds is 4. The van der Waals surface area contributed by atoms with Gasteiger partial charge in [0.15, 0.2) is 5.69 Å². The lowest BCUT2D eigenvalue weighted by Gasteiger charge is -2.28. The number of nitrogens with one attached hydrogen (secondary N) is 1. The third kappa shape index (κ3) is 3.76. The molecule has 4 rings (SSSR count). The number of aromatic nitrogens is 2. The fourth-order valence-electron chi connectivity index (χ4n) is 3.47. The number of hydrogen-bond donors (Lipinski definition) is 1. The Hall–Kier alpha value is -2.39. The van der Waals surface area contributed by atoms with Crippen molar-refractivity contribution in [2.75, 3.05) is 18.0 Å². The molecule has 0 radical (unpaired) electrons. The van der Waals surface area contributed by atoms with Crippen molar-refractivity contribution in [3.63, 3.8) is 0 Å². The van der Waals surface area contributed by atoms with Crippen molar-refractivity contribution in [1.82, 2.24) is 15.1 Å². The first-order valence-electron chi connectivity index (χ1n) is 9.23. The number of benzene rings is 2. The molecule has 29 heavy (non-hydrogen) atoms. The Morgan fingerprint density at radius 1 is 1.21 bits per heavy atom. The Balaban J connectivity index is 1.86. The molecule has 0 spiro atoms. The molecule has 148 valence electrons. The van der Waals surface area contributed by atoms with Crippen molar-refractivity contribution in [2.24, 2.45) is 0 Å². The van der Waals surface area contributed by atoms with Crippen LogP contribution in [0.4, 0.5) is 5.69 Å². The maximum absolute atomic E-state index is 13.5. The molecular formula is C21H18ClIN4O2. The summed E-state index contributed by atoms with van der Waals surface area (Å²) in [6, 6.07) is 14.9. The number of nitrogens with zero attached hydrogens (tertiary/aromatic N) is 3. The molecule has 2 aromatic carbocycles. The fourth-order valence-corrected chi connectivity index (χ4v) is 4.18. The summed E-state index contributed by atoms with van der Waals surface area (Å²) in [5, 5.41) is 7.83. The highest BCUT2D eigenvalue weighted by molar-refractivity contribution is 14.1. The van der Waals surface area contributed by atoms with E-state index >= 15 is 0 Å². The van der Waals surface area contributed by atoms with Gasteiger partial charge in [0.25, 0.3) is 11.8 Å². The number of hydrogen-bond acceptors (Lipinski definition) is 3. The van der Waals surface area contributed by atoms with Crippen LogP contribution in [0.5, 0.6) is 0 Å². The van der Waals surface area contributed by atoms with Crippen LogP contribution >= 0.6 is 34.2 Å². The van der Waals surface area contributed by atoms with E-state index in [1.807, 2.05) is 37.3 Å². The molecule has 0 aliphatic carbocycles. The van der Waals surface area contributed by atoms with Gasteiger partial charge in [-0.2, -0.15) is 5.10 Å². The van der Waals surface area contributed by atoms with E-state index in [0.29, 0.717) is 41.5 Å². The van der Waals surface area contributed by atoms with Crippen LogP contribution in [0, 0.1) is 3.57 Å². The zero-order valence-corrected chi connectivity index (χ0v) is 18.6. The average Bonchev–Trinajstić information content (AvgIpc) is 3.09. The molecular weight excluding hydrogens is 503 g/mol.